The number of benzene rings is 2. The Balaban J connectivity index is 1.49. The van der Waals surface area contributed by atoms with Gasteiger partial charge in [0, 0.05) is 30.7 Å². The molecule has 3 N–H and O–H groups in total. The second-order valence-electron chi connectivity index (χ2n) is 9.39. The van der Waals surface area contributed by atoms with E-state index in [4.69, 9.17) is 4.74 Å². The SMILES string of the molecule is CC(C)(C)OC(=O)N1CCc2cc(Nc3ncc(C=O)c(Nc4cccc(C(=O)O)c4)n3)ccc2C1. The van der Waals surface area contributed by atoms with Crippen LogP contribution in [0, 0.1) is 0 Å². The maximum atomic E-state index is 12.4. The molecule has 186 valence electrons. The average molecular weight is 490 g/mol. The summed E-state index contributed by atoms with van der Waals surface area (Å²) in [6.45, 7) is 6.56. The summed E-state index contributed by atoms with van der Waals surface area (Å²) in [5.74, 6) is -0.541. The van der Waals surface area contributed by atoms with E-state index in [1.165, 1.54) is 18.3 Å². The lowest BCUT2D eigenvalue weighted by Gasteiger charge is -2.31. The van der Waals surface area contributed by atoms with E-state index < -0.39 is 11.6 Å². The molecule has 1 aliphatic heterocycles. The van der Waals surface area contributed by atoms with Crippen molar-refractivity contribution in [1.29, 1.82) is 0 Å². The lowest BCUT2D eigenvalue weighted by molar-refractivity contribution is 0.0223. The van der Waals surface area contributed by atoms with Gasteiger partial charge in [0.05, 0.1) is 11.1 Å². The first-order chi connectivity index (χ1) is 17.1. The topological polar surface area (TPSA) is 134 Å². The molecule has 0 radical (unpaired) electrons. The monoisotopic (exact) mass is 489 g/mol. The highest BCUT2D eigenvalue weighted by Gasteiger charge is 2.25. The molecular weight excluding hydrogens is 462 g/mol. The molecule has 0 saturated heterocycles. The van der Waals surface area contributed by atoms with Crippen LogP contribution in [0.5, 0.6) is 0 Å². The average Bonchev–Trinajstić information content (AvgIpc) is 2.83. The zero-order valence-corrected chi connectivity index (χ0v) is 20.2. The van der Waals surface area contributed by atoms with Gasteiger partial charge in [-0.25, -0.2) is 14.6 Å². The van der Waals surface area contributed by atoms with Crippen molar-refractivity contribution in [3.05, 3.63) is 70.9 Å². The van der Waals surface area contributed by atoms with Crippen molar-refractivity contribution >= 4 is 41.5 Å². The molecule has 3 aromatic rings. The Bertz CT molecular complexity index is 1320. The van der Waals surface area contributed by atoms with Crippen LogP contribution in [0.2, 0.25) is 0 Å². The van der Waals surface area contributed by atoms with Crippen LogP contribution in [0.1, 0.15) is 52.6 Å². The largest absolute Gasteiger partial charge is 0.478 e. The van der Waals surface area contributed by atoms with Crippen LogP contribution >= 0.6 is 0 Å². The molecule has 0 atom stereocenters. The molecule has 0 spiro atoms. The number of amides is 1. The number of nitrogens with one attached hydrogen (secondary N) is 2. The molecule has 1 aliphatic rings. The number of nitrogens with zero attached hydrogens (tertiary/aromatic N) is 3. The summed E-state index contributed by atoms with van der Waals surface area (Å²) in [5.41, 5.74) is 3.18. The van der Waals surface area contributed by atoms with Crippen molar-refractivity contribution in [2.45, 2.75) is 39.3 Å². The Morgan fingerprint density at radius 3 is 2.58 bits per heavy atom. The number of carbonyl (C=O) groups excluding carboxylic acids is 2. The number of fused-ring (bicyclic) bond motifs is 1. The van der Waals surface area contributed by atoms with E-state index in [2.05, 4.69) is 20.6 Å². The highest BCUT2D eigenvalue weighted by atomic mass is 16.6. The minimum Gasteiger partial charge on any atom is -0.478 e. The Kier molecular flexibility index (Phi) is 6.86. The first-order valence-electron chi connectivity index (χ1n) is 11.4. The van der Waals surface area contributed by atoms with Crippen LogP contribution in [-0.4, -0.2) is 50.5 Å². The predicted molar refractivity (Wildman–Crippen MR) is 134 cm³/mol. The Morgan fingerprint density at radius 2 is 1.86 bits per heavy atom. The molecule has 2 heterocycles. The van der Waals surface area contributed by atoms with E-state index in [9.17, 15) is 19.5 Å². The Hall–Kier alpha value is -4.47. The molecule has 0 fully saturated rings. The van der Waals surface area contributed by atoms with Crippen molar-refractivity contribution in [3.63, 3.8) is 0 Å². The van der Waals surface area contributed by atoms with Gasteiger partial charge in [0.25, 0.3) is 0 Å². The molecule has 36 heavy (non-hydrogen) atoms. The van der Waals surface area contributed by atoms with Crippen LogP contribution in [0.4, 0.5) is 27.9 Å². The lowest BCUT2D eigenvalue weighted by atomic mass is 9.99. The van der Waals surface area contributed by atoms with Crippen molar-refractivity contribution in [1.82, 2.24) is 14.9 Å². The number of rotatable bonds is 6. The molecule has 10 nitrogen and oxygen atoms in total. The minimum absolute atomic E-state index is 0.111. The van der Waals surface area contributed by atoms with Crippen molar-refractivity contribution in [2.24, 2.45) is 0 Å². The van der Waals surface area contributed by atoms with E-state index in [0.29, 0.717) is 31.5 Å². The first-order valence-corrected chi connectivity index (χ1v) is 11.4. The zero-order chi connectivity index (χ0) is 25.9. The van der Waals surface area contributed by atoms with Gasteiger partial charge in [-0.1, -0.05) is 12.1 Å². The molecule has 2 aromatic carbocycles. The number of anilines is 4. The van der Waals surface area contributed by atoms with Crippen molar-refractivity contribution < 1.29 is 24.2 Å². The van der Waals surface area contributed by atoms with Gasteiger partial charge >= 0.3 is 12.1 Å². The second-order valence-corrected chi connectivity index (χ2v) is 9.39. The van der Waals surface area contributed by atoms with E-state index in [0.717, 1.165) is 16.8 Å². The standard InChI is InChI=1S/C26H27N5O5/c1-26(2,3)36-25(35)31-10-9-16-11-21(8-7-18(16)14-31)29-24-27-13-19(15-32)22(30-24)28-20-6-4-5-17(12-20)23(33)34/h4-8,11-13,15H,9-10,14H2,1-3H3,(H,33,34)(H2,27,28,29,30). The predicted octanol–water partition coefficient (Wildman–Crippen LogP) is 4.77. The molecule has 0 saturated carbocycles. The summed E-state index contributed by atoms with van der Waals surface area (Å²) < 4.78 is 5.48. The third-order valence-corrected chi connectivity index (χ3v) is 5.44. The molecule has 10 heteroatoms. The summed E-state index contributed by atoms with van der Waals surface area (Å²) in [6.07, 6.45) is 2.38. The zero-order valence-electron chi connectivity index (χ0n) is 20.2. The number of carboxylic acids is 1. The maximum Gasteiger partial charge on any atom is 0.410 e. The third-order valence-electron chi connectivity index (χ3n) is 5.44. The molecule has 1 aromatic heterocycles. The van der Waals surface area contributed by atoms with E-state index in [1.54, 1.807) is 17.0 Å². The lowest BCUT2D eigenvalue weighted by Crippen LogP contribution is -2.39. The van der Waals surface area contributed by atoms with Gasteiger partial charge < -0.3 is 25.4 Å². The van der Waals surface area contributed by atoms with Gasteiger partial charge in [0.1, 0.15) is 11.4 Å². The van der Waals surface area contributed by atoms with Crippen LogP contribution in [0.25, 0.3) is 0 Å². The highest BCUT2D eigenvalue weighted by molar-refractivity contribution is 5.90. The number of aromatic carboxylic acids is 1. The summed E-state index contributed by atoms with van der Waals surface area (Å²) >= 11 is 0. The number of hydrogen-bond acceptors (Lipinski definition) is 8. The molecule has 0 aliphatic carbocycles. The number of aromatic nitrogens is 2. The normalized spacial score (nSPS) is 12.9. The van der Waals surface area contributed by atoms with Gasteiger partial charge in [-0.3, -0.25) is 4.79 Å². The van der Waals surface area contributed by atoms with Crippen LogP contribution in [0.3, 0.4) is 0 Å². The van der Waals surface area contributed by atoms with Gasteiger partial charge in [0.15, 0.2) is 6.29 Å². The first kappa shape index (κ1) is 24.6. The molecular formula is C26H27N5O5. The molecule has 1 amide bonds. The number of ether oxygens (including phenoxy) is 1. The third kappa shape index (κ3) is 5.96. The summed E-state index contributed by atoms with van der Waals surface area (Å²) in [5, 5.41) is 15.3. The second kappa shape index (κ2) is 10.0. The molecule has 4 rings (SSSR count). The number of aldehydes is 1. The fourth-order valence-corrected chi connectivity index (χ4v) is 3.75. The quantitative estimate of drug-likeness (QED) is 0.419. The van der Waals surface area contributed by atoms with Crippen LogP contribution in [0.15, 0.2) is 48.7 Å². The van der Waals surface area contributed by atoms with Crippen molar-refractivity contribution in [3.8, 4) is 0 Å². The Labute approximate surface area is 208 Å². The van der Waals surface area contributed by atoms with E-state index in [-0.39, 0.29) is 29.0 Å². The number of carboxylic acid groups (broad SMARTS) is 1. The fourth-order valence-electron chi connectivity index (χ4n) is 3.75. The van der Waals surface area contributed by atoms with Gasteiger partial charge in [-0.2, -0.15) is 4.98 Å². The number of carbonyl (C=O) groups is 3. The van der Waals surface area contributed by atoms with Gasteiger partial charge in [-0.15, -0.1) is 0 Å². The van der Waals surface area contributed by atoms with E-state index in [1.807, 2.05) is 39.0 Å². The maximum absolute atomic E-state index is 12.4. The molecule has 0 bridgehead atoms. The van der Waals surface area contributed by atoms with Crippen LogP contribution in [-0.2, 0) is 17.7 Å². The smallest absolute Gasteiger partial charge is 0.410 e. The summed E-state index contributed by atoms with van der Waals surface area (Å²) in [6, 6.07) is 12.0. The summed E-state index contributed by atoms with van der Waals surface area (Å²) in [7, 11) is 0. The summed E-state index contributed by atoms with van der Waals surface area (Å²) in [4.78, 5) is 45.5. The Morgan fingerprint density at radius 1 is 1.08 bits per heavy atom. The van der Waals surface area contributed by atoms with E-state index >= 15 is 0 Å². The highest BCUT2D eigenvalue weighted by Crippen LogP contribution is 2.26. The van der Waals surface area contributed by atoms with Gasteiger partial charge in [0.2, 0.25) is 5.95 Å². The minimum atomic E-state index is -1.05. The number of hydrogen-bond donors (Lipinski definition) is 3. The molecule has 0 unspecified atom stereocenters. The fraction of sp³-hybridized carbons (Fsp3) is 0.269. The van der Waals surface area contributed by atoms with Gasteiger partial charge in [-0.05, 0) is 68.7 Å². The van der Waals surface area contributed by atoms with Crippen LogP contribution < -0.4 is 10.6 Å². The van der Waals surface area contributed by atoms with Crippen molar-refractivity contribution in [2.75, 3.05) is 17.2 Å².